The number of hydrogen-bond acceptors (Lipinski definition) is 3. The van der Waals surface area contributed by atoms with Gasteiger partial charge in [-0.3, -0.25) is 4.55 Å². The molecule has 0 aromatic heterocycles. The lowest BCUT2D eigenvalue weighted by atomic mass is 9.99. The van der Waals surface area contributed by atoms with Crippen LogP contribution in [0.25, 0.3) is 0 Å². The normalized spacial score (nSPS) is 13.2. The van der Waals surface area contributed by atoms with E-state index < -0.39 is 10.4 Å². The molecule has 0 spiro atoms. The summed E-state index contributed by atoms with van der Waals surface area (Å²) in [6, 6.07) is 0. The Balaban J connectivity index is 3.74. The van der Waals surface area contributed by atoms with Gasteiger partial charge in [-0.2, -0.15) is 8.42 Å². The Labute approximate surface area is 207 Å². The molecular formula is C28H56O4S. The molecule has 1 N–H and O–H groups in total. The zero-order chi connectivity index (χ0) is 24.5. The van der Waals surface area contributed by atoms with Gasteiger partial charge in [0.05, 0.1) is 6.61 Å². The van der Waals surface area contributed by atoms with Crippen LogP contribution in [0.15, 0.2) is 12.2 Å². The summed E-state index contributed by atoms with van der Waals surface area (Å²) >= 11 is 0. The Morgan fingerprint density at radius 3 is 1.45 bits per heavy atom. The van der Waals surface area contributed by atoms with Gasteiger partial charge in [0.15, 0.2) is 0 Å². The molecule has 33 heavy (non-hydrogen) atoms. The highest BCUT2D eigenvalue weighted by Crippen LogP contribution is 2.17. The van der Waals surface area contributed by atoms with Crippen molar-refractivity contribution in [3.8, 4) is 0 Å². The van der Waals surface area contributed by atoms with E-state index in [4.69, 9.17) is 4.55 Å². The molecule has 1 unspecified atom stereocenters. The molecule has 0 aliphatic rings. The van der Waals surface area contributed by atoms with Crippen LogP contribution >= 0.6 is 0 Å². The van der Waals surface area contributed by atoms with Gasteiger partial charge in [0.1, 0.15) is 0 Å². The first kappa shape index (κ1) is 32.6. The van der Waals surface area contributed by atoms with Gasteiger partial charge in [0.2, 0.25) is 0 Å². The lowest BCUT2D eigenvalue weighted by Crippen LogP contribution is -2.12. The molecule has 0 saturated heterocycles. The Hall–Kier alpha value is -0.390. The topological polar surface area (TPSA) is 63.6 Å². The van der Waals surface area contributed by atoms with Crippen molar-refractivity contribution in [3.63, 3.8) is 0 Å². The van der Waals surface area contributed by atoms with Crippen molar-refractivity contribution in [1.29, 1.82) is 0 Å². The van der Waals surface area contributed by atoms with E-state index in [2.05, 4.69) is 30.2 Å². The summed E-state index contributed by atoms with van der Waals surface area (Å²) in [7, 11) is -4.36. The van der Waals surface area contributed by atoms with Crippen molar-refractivity contribution in [2.75, 3.05) is 6.61 Å². The fourth-order valence-corrected chi connectivity index (χ4v) is 4.69. The van der Waals surface area contributed by atoms with Crippen molar-refractivity contribution in [2.24, 2.45) is 5.92 Å². The van der Waals surface area contributed by atoms with E-state index in [9.17, 15) is 8.42 Å². The van der Waals surface area contributed by atoms with Crippen molar-refractivity contribution in [3.05, 3.63) is 12.2 Å². The summed E-state index contributed by atoms with van der Waals surface area (Å²) in [6.07, 6.45) is 32.6. The van der Waals surface area contributed by atoms with E-state index in [1.165, 1.54) is 122 Å². The van der Waals surface area contributed by atoms with Crippen molar-refractivity contribution < 1.29 is 17.2 Å². The molecule has 4 nitrogen and oxygen atoms in total. The first-order valence-corrected chi connectivity index (χ1v) is 15.6. The van der Waals surface area contributed by atoms with E-state index in [1.807, 2.05) is 0 Å². The lowest BCUT2D eigenvalue weighted by Gasteiger charge is -2.12. The van der Waals surface area contributed by atoms with Gasteiger partial charge >= 0.3 is 10.4 Å². The maximum Gasteiger partial charge on any atom is 0.397 e. The summed E-state index contributed by atoms with van der Waals surface area (Å²) in [5.41, 5.74) is 0. The van der Waals surface area contributed by atoms with Gasteiger partial charge in [-0.25, -0.2) is 4.18 Å². The molecule has 0 saturated carbocycles. The molecular weight excluding hydrogens is 432 g/mol. The quantitative estimate of drug-likeness (QED) is 0.0747. The van der Waals surface area contributed by atoms with Crippen LogP contribution in [0.4, 0.5) is 0 Å². The number of unbranched alkanes of at least 4 members (excludes halogenated alkanes) is 19. The second kappa shape index (κ2) is 24.7. The highest BCUT2D eigenvalue weighted by Gasteiger charge is 2.11. The van der Waals surface area contributed by atoms with Crippen molar-refractivity contribution in [1.82, 2.24) is 0 Å². The molecule has 5 heteroatoms. The smallest absolute Gasteiger partial charge is 0.264 e. The first-order valence-electron chi connectivity index (χ1n) is 14.3. The highest BCUT2D eigenvalue weighted by atomic mass is 32.3. The predicted molar refractivity (Wildman–Crippen MR) is 143 cm³/mol. The van der Waals surface area contributed by atoms with Crippen molar-refractivity contribution in [2.45, 2.75) is 155 Å². The van der Waals surface area contributed by atoms with Gasteiger partial charge in [-0.1, -0.05) is 148 Å². The van der Waals surface area contributed by atoms with E-state index in [-0.39, 0.29) is 12.5 Å². The zero-order valence-electron chi connectivity index (χ0n) is 22.1. The van der Waals surface area contributed by atoms with E-state index in [0.717, 1.165) is 19.3 Å². The van der Waals surface area contributed by atoms with Gasteiger partial charge in [-0.15, -0.1) is 0 Å². The predicted octanol–water partition coefficient (Wildman–Crippen LogP) is 9.60. The summed E-state index contributed by atoms with van der Waals surface area (Å²) < 4.78 is 35.4. The summed E-state index contributed by atoms with van der Waals surface area (Å²) in [5, 5.41) is 0. The SMILES string of the molecule is CCCCCCC/C=C/C(CCCCCCCCCCCCCCCCC)COS(=O)(=O)O. The van der Waals surface area contributed by atoms with Crippen LogP contribution < -0.4 is 0 Å². The van der Waals surface area contributed by atoms with Crippen LogP contribution in [-0.2, 0) is 14.6 Å². The molecule has 0 aliphatic carbocycles. The average molecular weight is 489 g/mol. The third-order valence-corrected chi connectivity index (χ3v) is 6.93. The minimum Gasteiger partial charge on any atom is -0.264 e. The monoisotopic (exact) mass is 488 g/mol. The maximum atomic E-state index is 10.9. The third-order valence-electron chi connectivity index (χ3n) is 6.49. The third kappa shape index (κ3) is 27.7. The van der Waals surface area contributed by atoms with Gasteiger partial charge in [-0.05, 0) is 19.3 Å². The van der Waals surface area contributed by atoms with Crippen molar-refractivity contribution >= 4 is 10.4 Å². The Bertz CT molecular complexity index is 516. The fourth-order valence-electron chi connectivity index (χ4n) is 4.34. The second-order valence-corrected chi connectivity index (χ2v) is 10.9. The minimum atomic E-state index is -4.36. The van der Waals surface area contributed by atoms with Crippen LogP contribution in [0, 0.1) is 5.92 Å². The van der Waals surface area contributed by atoms with E-state index in [0.29, 0.717) is 0 Å². The molecule has 0 amide bonds. The largest absolute Gasteiger partial charge is 0.397 e. The summed E-state index contributed by atoms with van der Waals surface area (Å²) in [6.45, 7) is 4.54. The van der Waals surface area contributed by atoms with E-state index >= 15 is 0 Å². The highest BCUT2D eigenvalue weighted by molar-refractivity contribution is 7.80. The number of hydrogen-bond donors (Lipinski definition) is 1. The van der Waals surface area contributed by atoms with Crippen LogP contribution in [0.2, 0.25) is 0 Å². The summed E-state index contributed by atoms with van der Waals surface area (Å²) in [4.78, 5) is 0. The Kier molecular flexibility index (Phi) is 24.4. The Morgan fingerprint density at radius 2 is 1.03 bits per heavy atom. The van der Waals surface area contributed by atoms with Gasteiger partial charge < -0.3 is 0 Å². The van der Waals surface area contributed by atoms with Crippen LogP contribution in [0.1, 0.15) is 155 Å². The fraction of sp³-hybridized carbons (Fsp3) is 0.929. The van der Waals surface area contributed by atoms with Gasteiger partial charge in [0.25, 0.3) is 0 Å². The molecule has 0 radical (unpaired) electrons. The molecule has 0 heterocycles. The molecule has 0 aliphatic heterocycles. The molecule has 0 rings (SSSR count). The average Bonchev–Trinajstić information content (AvgIpc) is 2.78. The maximum absolute atomic E-state index is 10.9. The lowest BCUT2D eigenvalue weighted by molar-refractivity contribution is 0.234. The summed E-state index contributed by atoms with van der Waals surface area (Å²) in [5.74, 6) is 0.0598. The van der Waals surface area contributed by atoms with Crippen LogP contribution in [-0.4, -0.2) is 19.6 Å². The minimum absolute atomic E-state index is 0.0454. The van der Waals surface area contributed by atoms with Gasteiger partial charge in [0, 0.05) is 5.92 Å². The second-order valence-electron chi connectivity index (χ2n) is 9.84. The molecule has 198 valence electrons. The zero-order valence-corrected chi connectivity index (χ0v) is 22.9. The van der Waals surface area contributed by atoms with Crippen LogP contribution in [0.3, 0.4) is 0 Å². The van der Waals surface area contributed by atoms with E-state index in [1.54, 1.807) is 0 Å². The standard InChI is InChI=1S/C28H56O4S/c1-3-5-7-9-11-12-13-14-15-16-17-18-20-22-24-26-28(27-32-33(29,30)31)25-23-21-19-10-8-6-4-2/h23,25,28H,3-22,24,26-27H2,1-2H3,(H,29,30,31)/b25-23+. The number of allylic oxidation sites excluding steroid dienone is 1. The Morgan fingerprint density at radius 1 is 0.636 bits per heavy atom. The first-order chi connectivity index (χ1) is 16.0. The molecule has 1 atom stereocenters. The molecule has 0 aromatic rings. The van der Waals surface area contributed by atoms with Crippen LogP contribution in [0.5, 0.6) is 0 Å². The molecule has 0 fully saturated rings. The number of rotatable bonds is 26. The molecule has 0 aromatic carbocycles. The molecule has 0 bridgehead atoms.